The van der Waals surface area contributed by atoms with Crippen molar-refractivity contribution < 1.29 is 17.6 Å². The maximum atomic E-state index is 13.2. The number of benzene rings is 2. The van der Waals surface area contributed by atoms with Crippen molar-refractivity contribution in [2.24, 2.45) is 0 Å². The second-order valence-corrected chi connectivity index (χ2v) is 4.50. The van der Waals surface area contributed by atoms with Crippen LogP contribution in [-0.2, 0) is 6.18 Å². The molecule has 3 rings (SSSR count). The van der Waals surface area contributed by atoms with E-state index in [2.05, 4.69) is 4.42 Å². The predicted octanol–water partition coefficient (Wildman–Crippen LogP) is 4.48. The van der Waals surface area contributed by atoms with E-state index in [-0.39, 0.29) is 16.3 Å². The number of alkyl halides is 3. The Morgan fingerprint density at radius 2 is 1.38 bits per heavy atom. The molecule has 0 spiro atoms. The van der Waals surface area contributed by atoms with E-state index in [4.69, 9.17) is 0 Å². The minimum atomic E-state index is -4.74. The lowest BCUT2D eigenvalue weighted by molar-refractivity contribution is -0.153. The summed E-state index contributed by atoms with van der Waals surface area (Å²) in [4.78, 5) is 11.8. The van der Waals surface area contributed by atoms with Crippen molar-refractivity contribution in [3.8, 4) is 11.1 Å². The van der Waals surface area contributed by atoms with Crippen LogP contribution in [0.15, 0.2) is 63.8 Å². The summed E-state index contributed by atoms with van der Waals surface area (Å²) in [7, 11) is 0. The molecule has 0 amide bonds. The molecule has 0 aliphatic heterocycles. The molecule has 0 saturated heterocycles. The highest BCUT2D eigenvalue weighted by Crippen LogP contribution is 2.39. The highest BCUT2D eigenvalue weighted by atomic mass is 19.4. The minimum Gasteiger partial charge on any atom is -0.417 e. The van der Waals surface area contributed by atoms with Crippen molar-refractivity contribution in [2.45, 2.75) is 6.18 Å². The van der Waals surface area contributed by atoms with Gasteiger partial charge < -0.3 is 4.42 Å². The monoisotopic (exact) mass is 290 g/mol. The zero-order valence-corrected chi connectivity index (χ0v) is 10.6. The third-order valence-corrected chi connectivity index (χ3v) is 3.16. The van der Waals surface area contributed by atoms with Gasteiger partial charge in [0, 0.05) is 10.9 Å². The van der Waals surface area contributed by atoms with E-state index in [1.54, 1.807) is 42.5 Å². The van der Waals surface area contributed by atoms with Gasteiger partial charge in [-0.2, -0.15) is 13.2 Å². The second-order valence-electron chi connectivity index (χ2n) is 4.50. The summed E-state index contributed by atoms with van der Waals surface area (Å²) < 4.78 is 44.2. The average Bonchev–Trinajstić information content (AvgIpc) is 2.47. The van der Waals surface area contributed by atoms with Crippen LogP contribution in [0.4, 0.5) is 13.2 Å². The summed E-state index contributed by atoms with van der Waals surface area (Å²) in [6.45, 7) is 0. The zero-order chi connectivity index (χ0) is 15.0. The van der Waals surface area contributed by atoms with Crippen LogP contribution in [0.5, 0.6) is 0 Å². The van der Waals surface area contributed by atoms with Crippen LogP contribution >= 0.6 is 0 Å². The Morgan fingerprint density at radius 1 is 0.810 bits per heavy atom. The fourth-order valence-corrected chi connectivity index (χ4v) is 2.29. The van der Waals surface area contributed by atoms with Gasteiger partial charge in [-0.3, -0.25) is 0 Å². The van der Waals surface area contributed by atoms with E-state index >= 15 is 0 Å². The molecule has 1 heterocycles. The van der Waals surface area contributed by atoms with Gasteiger partial charge in [0.25, 0.3) is 0 Å². The molecule has 2 aromatic carbocycles. The van der Waals surface area contributed by atoms with Crippen molar-refractivity contribution in [3.63, 3.8) is 0 Å². The number of halogens is 3. The third-order valence-electron chi connectivity index (χ3n) is 3.16. The fraction of sp³-hybridized carbons (Fsp3) is 0.0625. The summed E-state index contributed by atoms with van der Waals surface area (Å²) in [6.07, 6.45) is -4.74. The Morgan fingerprint density at radius 3 is 2.00 bits per heavy atom. The molecule has 0 saturated carbocycles. The van der Waals surface area contributed by atoms with Crippen LogP contribution in [-0.4, -0.2) is 0 Å². The molecule has 2 nitrogen and oxygen atoms in total. The summed E-state index contributed by atoms with van der Waals surface area (Å²) >= 11 is 0. The first-order valence-corrected chi connectivity index (χ1v) is 6.17. The summed E-state index contributed by atoms with van der Waals surface area (Å²) in [6, 6.07) is 14.2. The van der Waals surface area contributed by atoms with Gasteiger partial charge in [-0.1, -0.05) is 48.5 Å². The number of hydrogen-bond donors (Lipinski definition) is 0. The SMILES string of the molecule is O=c1oc(C(F)(F)F)c(-c2ccccc2)c2ccccc12. The highest BCUT2D eigenvalue weighted by Gasteiger charge is 2.38. The molecule has 0 bridgehead atoms. The Labute approximate surface area is 117 Å². The first-order valence-electron chi connectivity index (χ1n) is 6.17. The molecule has 21 heavy (non-hydrogen) atoms. The molecule has 0 fully saturated rings. The molecule has 0 N–H and O–H groups in total. The van der Waals surface area contributed by atoms with Crippen LogP contribution in [0.1, 0.15) is 5.76 Å². The zero-order valence-electron chi connectivity index (χ0n) is 10.6. The minimum absolute atomic E-state index is 0.113. The number of fused-ring (bicyclic) bond motifs is 1. The quantitative estimate of drug-likeness (QED) is 0.661. The largest absolute Gasteiger partial charge is 0.450 e. The lowest BCUT2D eigenvalue weighted by atomic mass is 9.98. The second kappa shape index (κ2) is 4.77. The Kier molecular flexibility index (Phi) is 3.05. The van der Waals surface area contributed by atoms with Crippen molar-refractivity contribution in [2.75, 3.05) is 0 Å². The lowest BCUT2D eigenvalue weighted by Gasteiger charge is -2.13. The van der Waals surface area contributed by atoms with Crippen LogP contribution in [0.3, 0.4) is 0 Å². The van der Waals surface area contributed by atoms with Crippen LogP contribution in [0.2, 0.25) is 0 Å². The van der Waals surface area contributed by atoms with Crippen molar-refractivity contribution in [1.29, 1.82) is 0 Å². The maximum Gasteiger partial charge on any atom is 0.450 e. The molecule has 3 aromatic rings. The third kappa shape index (κ3) is 2.31. The molecule has 106 valence electrons. The smallest absolute Gasteiger partial charge is 0.417 e. The van der Waals surface area contributed by atoms with Gasteiger partial charge in [0.2, 0.25) is 5.76 Å². The molecule has 0 aliphatic rings. The fourth-order valence-electron chi connectivity index (χ4n) is 2.29. The van der Waals surface area contributed by atoms with E-state index in [0.717, 1.165) is 0 Å². The van der Waals surface area contributed by atoms with Crippen molar-refractivity contribution >= 4 is 10.8 Å². The van der Waals surface area contributed by atoms with Gasteiger partial charge >= 0.3 is 11.8 Å². The highest BCUT2D eigenvalue weighted by molar-refractivity contribution is 5.96. The molecule has 0 aliphatic carbocycles. The lowest BCUT2D eigenvalue weighted by Crippen LogP contribution is -2.13. The van der Waals surface area contributed by atoms with E-state index < -0.39 is 17.6 Å². The molecule has 5 heteroatoms. The van der Waals surface area contributed by atoms with Crippen molar-refractivity contribution in [3.05, 3.63) is 70.8 Å². The van der Waals surface area contributed by atoms with Crippen LogP contribution in [0.25, 0.3) is 21.9 Å². The predicted molar refractivity (Wildman–Crippen MR) is 72.9 cm³/mol. The Hall–Kier alpha value is -2.56. The van der Waals surface area contributed by atoms with E-state index in [1.807, 2.05) is 0 Å². The van der Waals surface area contributed by atoms with E-state index in [9.17, 15) is 18.0 Å². The summed E-state index contributed by atoms with van der Waals surface area (Å²) in [5.41, 5.74) is -0.749. The average molecular weight is 290 g/mol. The number of hydrogen-bond acceptors (Lipinski definition) is 2. The van der Waals surface area contributed by atoms with Crippen LogP contribution in [0, 0.1) is 0 Å². The molecular formula is C16H9F3O2. The topological polar surface area (TPSA) is 30.2 Å². The molecular weight excluding hydrogens is 281 g/mol. The van der Waals surface area contributed by atoms with Gasteiger partial charge in [-0.15, -0.1) is 0 Å². The first kappa shape index (κ1) is 13.4. The summed E-state index contributed by atoms with van der Waals surface area (Å²) in [5, 5.41) is 0.358. The van der Waals surface area contributed by atoms with Crippen molar-refractivity contribution in [1.82, 2.24) is 0 Å². The van der Waals surface area contributed by atoms with Gasteiger partial charge in [-0.25, -0.2) is 4.79 Å². The van der Waals surface area contributed by atoms with Crippen LogP contribution < -0.4 is 5.63 Å². The van der Waals surface area contributed by atoms with Gasteiger partial charge in [0.1, 0.15) is 0 Å². The molecule has 1 aromatic heterocycles. The maximum absolute atomic E-state index is 13.2. The van der Waals surface area contributed by atoms with Gasteiger partial charge in [0.05, 0.1) is 5.39 Å². The molecule has 0 unspecified atom stereocenters. The summed E-state index contributed by atoms with van der Waals surface area (Å²) in [5.74, 6) is -1.27. The Balaban J connectivity index is 2.50. The van der Waals surface area contributed by atoms with E-state index in [0.29, 0.717) is 5.56 Å². The standard InChI is InChI=1S/C16H9F3O2/c17-16(18,19)14-13(10-6-2-1-3-7-10)11-8-4-5-9-12(11)15(20)21-14/h1-9H. The van der Waals surface area contributed by atoms with Gasteiger partial charge in [-0.05, 0) is 11.6 Å². The molecule has 0 radical (unpaired) electrons. The molecule has 0 atom stereocenters. The Bertz CT molecular complexity index is 849. The number of rotatable bonds is 1. The van der Waals surface area contributed by atoms with Gasteiger partial charge in [0.15, 0.2) is 0 Å². The van der Waals surface area contributed by atoms with E-state index in [1.165, 1.54) is 12.1 Å². The normalized spacial score (nSPS) is 11.8. The first-order chi connectivity index (χ1) is 9.98.